The second-order valence-electron chi connectivity index (χ2n) is 3.97. The van der Waals surface area contributed by atoms with E-state index in [1.54, 1.807) is 23.2 Å². The smallest absolute Gasteiger partial charge is 0.274 e. The third-order valence-electron chi connectivity index (χ3n) is 2.87. The van der Waals surface area contributed by atoms with E-state index in [0.717, 1.165) is 19.3 Å². The van der Waals surface area contributed by atoms with Crippen molar-refractivity contribution in [2.24, 2.45) is 0 Å². The molecule has 1 aliphatic heterocycles. The van der Waals surface area contributed by atoms with Crippen molar-refractivity contribution in [2.75, 3.05) is 6.54 Å². The van der Waals surface area contributed by atoms with Gasteiger partial charge in [0, 0.05) is 17.2 Å². The Morgan fingerprint density at radius 3 is 3.12 bits per heavy atom. The molecule has 1 aliphatic rings. The fraction of sp³-hybridized carbons (Fsp3) is 0.417. The van der Waals surface area contributed by atoms with Crippen LogP contribution in [0.1, 0.15) is 29.8 Å². The maximum Gasteiger partial charge on any atom is 0.274 e. The number of hydrogen-bond acceptors (Lipinski definition) is 3. The van der Waals surface area contributed by atoms with Crippen molar-refractivity contribution in [1.29, 1.82) is 5.26 Å². The third kappa shape index (κ3) is 2.47. The first-order valence-electron chi connectivity index (χ1n) is 5.55. The Kier molecular flexibility index (Phi) is 3.75. The van der Waals surface area contributed by atoms with Gasteiger partial charge in [-0.25, -0.2) is 4.98 Å². The first-order valence-corrected chi connectivity index (χ1v) is 6.34. The van der Waals surface area contributed by atoms with Gasteiger partial charge in [0.15, 0.2) is 0 Å². The van der Waals surface area contributed by atoms with Crippen LogP contribution in [0.15, 0.2) is 22.8 Å². The van der Waals surface area contributed by atoms with Crippen LogP contribution in [0.25, 0.3) is 0 Å². The zero-order valence-electron chi connectivity index (χ0n) is 9.27. The maximum absolute atomic E-state index is 12.3. The number of carbonyl (C=O) groups excluding carboxylic acids is 1. The van der Waals surface area contributed by atoms with Gasteiger partial charge in [-0.15, -0.1) is 0 Å². The molecule has 1 unspecified atom stereocenters. The van der Waals surface area contributed by atoms with Gasteiger partial charge in [0.2, 0.25) is 0 Å². The van der Waals surface area contributed by atoms with Gasteiger partial charge in [-0.3, -0.25) is 4.79 Å². The van der Waals surface area contributed by atoms with Crippen molar-refractivity contribution in [3.05, 3.63) is 28.5 Å². The molecular formula is C12H12BrN3O. The Morgan fingerprint density at radius 2 is 2.41 bits per heavy atom. The molecule has 0 spiro atoms. The highest BCUT2D eigenvalue weighted by Gasteiger charge is 2.28. The summed E-state index contributed by atoms with van der Waals surface area (Å²) in [5.41, 5.74) is 0.384. The average molecular weight is 294 g/mol. The van der Waals surface area contributed by atoms with Gasteiger partial charge >= 0.3 is 0 Å². The molecule has 1 atom stereocenters. The van der Waals surface area contributed by atoms with Gasteiger partial charge in [0.1, 0.15) is 11.7 Å². The molecule has 2 heterocycles. The fourth-order valence-corrected chi connectivity index (χ4v) is 2.41. The second kappa shape index (κ2) is 5.28. The number of amides is 1. The van der Waals surface area contributed by atoms with Gasteiger partial charge in [-0.05, 0) is 47.3 Å². The molecule has 17 heavy (non-hydrogen) atoms. The Morgan fingerprint density at radius 1 is 1.59 bits per heavy atom. The van der Waals surface area contributed by atoms with E-state index >= 15 is 0 Å². The van der Waals surface area contributed by atoms with Crippen LogP contribution in [0.2, 0.25) is 0 Å². The van der Waals surface area contributed by atoms with Crippen molar-refractivity contribution in [3.63, 3.8) is 0 Å². The van der Waals surface area contributed by atoms with Crippen molar-refractivity contribution in [1.82, 2.24) is 9.88 Å². The lowest BCUT2D eigenvalue weighted by molar-refractivity contribution is 0.0663. The molecule has 0 saturated carbocycles. The minimum Gasteiger partial charge on any atom is -0.321 e. The Bertz CT molecular complexity index is 469. The zero-order chi connectivity index (χ0) is 12.3. The summed E-state index contributed by atoms with van der Waals surface area (Å²) >= 11 is 3.31. The van der Waals surface area contributed by atoms with E-state index < -0.39 is 0 Å². The summed E-state index contributed by atoms with van der Waals surface area (Å²) < 4.78 is 0.673. The zero-order valence-corrected chi connectivity index (χ0v) is 10.9. The predicted molar refractivity (Wildman–Crippen MR) is 66.2 cm³/mol. The minimum atomic E-state index is -0.315. The average Bonchev–Trinajstić information content (AvgIpc) is 2.38. The van der Waals surface area contributed by atoms with Crippen molar-refractivity contribution >= 4 is 21.8 Å². The first kappa shape index (κ1) is 12.1. The van der Waals surface area contributed by atoms with E-state index in [2.05, 4.69) is 27.0 Å². The van der Waals surface area contributed by atoms with E-state index in [1.807, 2.05) is 0 Å². The minimum absolute atomic E-state index is 0.163. The lowest BCUT2D eigenvalue weighted by Gasteiger charge is -2.31. The summed E-state index contributed by atoms with van der Waals surface area (Å²) in [6.07, 6.45) is 4.30. The fourth-order valence-electron chi connectivity index (χ4n) is 1.99. The molecule has 4 nitrogen and oxygen atoms in total. The Labute approximate surface area is 108 Å². The molecule has 0 N–H and O–H groups in total. The number of nitrogens with zero attached hydrogens (tertiary/aromatic N) is 3. The number of halogens is 1. The third-order valence-corrected chi connectivity index (χ3v) is 3.51. The van der Waals surface area contributed by atoms with Crippen LogP contribution in [-0.4, -0.2) is 28.4 Å². The molecule has 0 aromatic carbocycles. The van der Waals surface area contributed by atoms with Crippen molar-refractivity contribution in [2.45, 2.75) is 25.3 Å². The summed E-state index contributed by atoms with van der Waals surface area (Å²) in [5.74, 6) is -0.163. The highest BCUT2D eigenvalue weighted by molar-refractivity contribution is 9.10. The van der Waals surface area contributed by atoms with Crippen molar-refractivity contribution < 1.29 is 4.79 Å². The molecule has 88 valence electrons. The number of aromatic nitrogens is 1. The lowest BCUT2D eigenvalue weighted by Crippen LogP contribution is -2.43. The molecule has 1 aromatic rings. The van der Waals surface area contributed by atoms with Gasteiger partial charge < -0.3 is 4.90 Å². The molecule has 1 saturated heterocycles. The maximum atomic E-state index is 12.3. The van der Waals surface area contributed by atoms with E-state index in [4.69, 9.17) is 5.26 Å². The summed E-state index contributed by atoms with van der Waals surface area (Å²) in [6, 6.07) is 5.42. The SMILES string of the molecule is N#CC1CCCCN1C(=O)c1ncccc1Br. The number of rotatable bonds is 1. The Balaban J connectivity index is 2.25. The van der Waals surface area contributed by atoms with Crippen LogP contribution in [0.5, 0.6) is 0 Å². The Hall–Kier alpha value is -1.41. The molecule has 0 bridgehead atoms. The monoisotopic (exact) mass is 293 g/mol. The number of hydrogen-bond donors (Lipinski definition) is 0. The van der Waals surface area contributed by atoms with Crippen LogP contribution < -0.4 is 0 Å². The number of piperidine rings is 1. The summed E-state index contributed by atoms with van der Waals surface area (Å²) in [7, 11) is 0. The van der Waals surface area contributed by atoms with Gasteiger partial charge in [0.05, 0.1) is 6.07 Å². The molecule has 1 amide bonds. The van der Waals surface area contributed by atoms with Gasteiger partial charge in [0.25, 0.3) is 5.91 Å². The summed E-state index contributed by atoms with van der Waals surface area (Å²) in [5, 5.41) is 9.05. The topological polar surface area (TPSA) is 57.0 Å². The highest BCUT2D eigenvalue weighted by Crippen LogP contribution is 2.21. The first-order chi connectivity index (χ1) is 8.24. The van der Waals surface area contributed by atoms with E-state index in [9.17, 15) is 4.79 Å². The number of nitriles is 1. The number of likely N-dealkylation sites (tertiary alicyclic amines) is 1. The molecule has 0 aliphatic carbocycles. The summed E-state index contributed by atoms with van der Waals surface area (Å²) in [4.78, 5) is 18.0. The van der Waals surface area contributed by atoms with Crippen LogP contribution in [0.4, 0.5) is 0 Å². The molecule has 0 radical (unpaired) electrons. The van der Waals surface area contributed by atoms with E-state index in [1.165, 1.54) is 0 Å². The number of pyridine rings is 1. The summed E-state index contributed by atoms with van der Waals surface area (Å²) in [6.45, 7) is 0.639. The van der Waals surface area contributed by atoms with E-state index in [0.29, 0.717) is 16.7 Å². The van der Waals surface area contributed by atoms with Crippen LogP contribution in [-0.2, 0) is 0 Å². The highest BCUT2D eigenvalue weighted by atomic mass is 79.9. The van der Waals surface area contributed by atoms with Gasteiger partial charge in [-0.1, -0.05) is 0 Å². The second-order valence-corrected chi connectivity index (χ2v) is 4.83. The number of carbonyl (C=O) groups is 1. The van der Waals surface area contributed by atoms with Crippen molar-refractivity contribution in [3.8, 4) is 6.07 Å². The quantitative estimate of drug-likeness (QED) is 0.799. The predicted octanol–water partition coefficient (Wildman–Crippen LogP) is 2.36. The lowest BCUT2D eigenvalue weighted by atomic mass is 10.0. The van der Waals surface area contributed by atoms with Crippen LogP contribution in [0.3, 0.4) is 0 Å². The van der Waals surface area contributed by atoms with Crippen LogP contribution >= 0.6 is 15.9 Å². The van der Waals surface area contributed by atoms with Crippen LogP contribution in [0, 0.1) is 11.3 Å². The molecule has 2 rings (SSSR count). The molecule has 5 heteroatoms. The standard InChI is InChI=1S/C12H12BrN3O/c13-10-5-3-6-15-11(10)12(17)16-7-2-1-4-9(16)8-14/h3,5-6,9H,1-2,4,7H2. The largest absolute Gasteiger partial charge is 0.321 e. The molecular weight excluding hydrogens is 282 g/mol. The van der Waals surface area contributed by atoms with Gasteiger partial charge in [-0.2, -0.15) is 5.26 Å². The molecule has 1 aromatic heterocycles. The van der Waals surface area contributed by atoms with E-state index in [-0.39, 0.29) is 11.9 Å². The normalized spacial score (nSPS) is 19.8. The molecule has 1 fully saturated rings.